The van der Waals surface area contributed by atoms with E-state index < -0.39 is 0 Å². The molecule has 0 amide bonds. The van der Waals surface area contributed by atoms with Gasteiger partial charge in [-0.25, -0.2) is 0 Å². The third kappa shape index (κ3) is 0.868. The number of aliphatic hydroxyl groups is 1. The quantitative estimate of drug-likeness (QED) is 0.613. The van der Waals surface area contributed by atoms with E-state index in [1.165, 1.54) is 19.3 Å². The highest BCUT2D eigenvalue weighted by Crippen LogP contribution is 2.59. The number of hydrogen-bond donors (Lipinski definition) is 1. The van der Waals surface area contributed by atoms with Gasteiger partial charge in [-0.2, -0.15) is 0 Å². The third-order valence-electron chi connectivity index (χ3n) is 4.22. The Morgan fingerprint density at radius 2 is 2.09 bits per heavy atom. The van der Waals surface area contributed by atoms with Crippen molar-refractivity contribution in [1.82, 2.24) is 0 Å². The highest BCUT2D eigenvalue weighted by atomic mass is 16.3. The van der Waals surface area contributed by atoms with Crippen LogP contribution in [0.25, 0.3) is 0 Å². The van der Waals surface area contributed by atoms with Crippen LogP contribution in [0.2, 0.25) is 0 Å². The fraction of sp³-hybridized carbons (Fsp3) is 1.00. The molecule has 2 rings (SSSR count). The van der Waals surface area contributed by atoms with Crippen LogP contribution in [0.15, 0.2) is 0 Å². The number of fused-ring (bicyclic) bond motifs is 2. The Morgan fingerprint density at radius 1 is 1.36 bits per heavy atom. The molecular formula is C10H18O. The number of hydrogen-bond acceptors (Lipinski definition) is 1. The molecule has 2 bridgehead atoms. The summed E-state index contributed by atoms with van der Waals surface area (Å²) in [5.74, 6) is 2.35. The van der Waals surface area contributed by atoms with Crippen LogP contribution < -0.4 is 0 Å². The van der Waals surface area contributed by atoms with E-state index in [1.54, 1.807) is 0 Å². The zero-order valence-electron chi connectivity index (χ0n) is 7.51. The molecule has 0 aromatic rings. The zero-order valence-corrected chi connectivity index (χ0v) is 7.51. The lowest BCUT2D eigenvalue weighted by atomic mass is 9.80. The summed E-state index contributed by atoms with van der Waals surface area (Å²) in [5.41, 5.74) is 0.535. The lowest BCUT2D eigenvalue weighted by molar-refractivity contribution is 0.155. The van der Waals surface area contributed by atoms with Crippen LogP contribution in [-0.2, 0) is 0 Å². The summed E-state index contributed by atoms with van der Waals surface area (Å²) in [7, 11) is 0. The number of aliphatic hydroxyl groups excluding tert-OH is 1. The van der Waals surface area contributed by atoms with Crippen molar-refractivity contribution in [2.45, 2.75) is 33.1 Å². The second-order valence-electron chi connectivity index (χ2n) is 4.88. The number of rotatable bonds is 1. The van der Waals surface area contributed by atoms with E-state index in [-0.39, 0.29) is 0 Å². The minimum Gasteiger partial charge on any atom is -0.396 e. The normalized spacial score (nSPS) is 46.6. The Kier molecular flexibility index (Phi) is 1.54. The Balaban J connectivity index is 2.19. The first-order valence-corrected chi connectivity index (χ1v) is 4.77. The SMILES string of the molecule is CC1(C)[C@@H]2CC[C@H]1[C@H](CO)C2. The Morgan fingerprint density at radius 3 is 2.36 bits per heavy atom. The summed E-state index contributed by atoms with van der Waals surface area (Å²) >= 11 is 0. The molecule has 2 fully saturated rings. The molecule has 0 saturated heterocycles. The fourth-order valence-corrected chi connectivity index (χ4v) is 3.42. The second-order valence-corrected chi connectivity index (χ2v) is 4.88. The van der Waals surface area contributed by atoms with Crippen LogP contribution in [0.4, 0.5) is 0 Å². The Bertz CT molecular complexity index is 162. The fourth-order valence-electron chi connectivity index (χ4n) is 3.42. The van der Waals surface area contributed by atoms with Gasteiger partial charge in [-0.15, -0.1) is 0 Å². The van der Waals surface area contributed by atoms with E-state index >= 15 is 0 Å². The van der Waals surface area contributed by atoms with Crippen molar-refractivity contribution < 1.29 is 5.11 Å². The smallest absolute Gasteiger partial charge is 0.0462 e. The average Bonchev–Trinajstić information content (AvgIpc) is 2.40. The van der Waals surface area contributed by atoms with E-state index in [0.29, 0.717) is 17.9 Å². The molecule has 0 spiro atoms. The van der Waals surface area contributed by atoms with Gasteiger partial charge in [0.15, 0.2) is 0 Å². The minimum absolute atomic E-state index is 0.421. The van der Waals surface area contributed by atoms with Crippen molar-refractivity contribution in [3.8, 4) is 0 Å². The van der Waals surface area contributed by atoms with E-state index in [4.69, 9.17) is 5.11 Å². The highest BCUT2D eigenvalue weighted by Gasteiger charge is 2.52. The predicted molar refractivity (Wildman–Crippen MR) is 45.2 cm³/mol. The van der Waals surface area contributed by atoms with Crippen LogP contribution in [0.3, 0.4) is 0 Å². The van der Waals surface area contributed by atoms with Gasteiger partial charge in [-0.1, -0.05) is 13.8 Å². The molecule has 0 unspecified atom stereocenters. The van der Waals surface area contributed by atoms with Crippen molar-refractivity contribution >= 4 is 0 Å². The third-order valence-corrected chi connectivity index (χ3v) is 4.22. The van der Waals surface area contributed by atoms with Gasteiger partial charge >= 0.3 is 0 Å². The minimum atomic E-state index is 0.421. The van der Waals surface area contributed by atoms with Crippen molar-refractivity contribution in [2.24, 2.45) is 23.2 Å². The average molecular weight is 154 g/mol. The molecule has 0 aliphatic heterocycles. The van der Waals surface area contributed by atoms with Crippen molar-refractivity contribution in [3.63, 3.8) is 0 Å². The first kappa shape index (κ1) is 7.60. The predicted octanol–water partition coefficient (Wildman–Crippen LogP) is 2.05. The zero-order chi connectivity index (χ0) is 8.06. The topological polar surface area (TPSA) is 20.2 Å². The molecule has 2 saturated carbocycles. The maximum absolute atomic E-state index is 9.12. The molecule has 3 atom stereocenters. The summed E-state index contributed by atoms with van der Waals surface area (Å²) in [5, 5.41) is 9.12. The highest BCUT2D eigenvalue weighted by molar-refractivity contribution is 5.01. The van der Waals surface area contributed by atoms with Crippen molar-refractivity contribution in [2.75, 3.05) is 6.61 Å². The van der Waals surface area contributed by atoms with Gasteiger partial charge in [0.2, 0.25) is 0 Å². The largest absolute Gasteiger partial charge is 0.396 e. The standard InChI is InChI=1S/C10H18O/c1-10(2)8-3-4-9(10)7(5-8)6-11/h7-9,11H,3-6H2,1-2H3/t7-,8+,9-/m0/s1. The van der Waals surface area contributed by atoms with Crippen LogP contribution in [0, 0.1) is 23.2 Å². The molecule has 2 aliphatic carbocycles. The van der Waals surface area contributed by atoms with Gasteiger partial charge in [0, 0.05) is 6.61 Å². The molecule has 0 radical (unpaired) electrons. The van der Waals surface area contributed by atoms with E-state index in [1.807, 2.05) is 0 Å². The first-order valence-electron chi connectivity index (χ1n) is 4.77. The van der Waals surface area contributed by atoms with Gasteiger partial charge < -0.3 is 5.11 Å². The van der Waals surface area contributed by atoms with Gasteiger partial charge in [0.25, 0.3) is 0 Å². The van der Waals surface area contributed by atoms with E-state index in [2.05, 4.69) is 13.8 Å². The molecule has 2 aliphatic rings. The summed E-state index contributed by atoms with van der Waals surface area (Å²) in [4.78, 5) is 0. The van der Waals surface area contributed by atoms with Crippen molar-refractivity contribution in [1.29, 1.82) is 0 Å². The van der Waals surface area contributed by atoms with Gasteiger partial charge in [0.1, 0.15) is 0 Å². The molecule has 11 heavy (non-hydrogen) atoms. The lowest BCUT2D eigenvalue weighted by Crippen LogP contribution is -2.21. The second kappa shape index (κ2) is 2.22. The van der Waals surface area contributed by atoms with Crippen LogP contribution >= 0.6 is 0 Å². The molecule has 0 aromatic heterocycles. The Labute approximate surface area is 68.8 Å². The van der Waals surface area contributed by atoms with Crippen LogP contribution in [-0.4, -0.2) is 11.7 Å². The Hall–Kier alpha value is -0.0400. The summed E-state index contributed by atoms with van der Waals surface area (Å²) in [6.07, 6.45) is 4.06. The molecule has 1 nitrogen and oxygen atoms in total. The maximum atomic E-state index is 9.12. The molecule has 1 N–H and O–H groups in total. The molecule has 0 heterocycles. The van der Waals surface area contributed by atoms with E-state index in [9.17, 15) is 0 Å². The molecule has 0 aromatic carbocycles. The van der Waals surface area contributed by atoms with Crippen LogP contribution in [0.5, 0.6) is 0 Å². The van der Waals surface area contributed by atoms with Crippen molar-refractivity contribution in [3.05, 3.63) is 0 Å². The van der Waals surface area contributed by atoms with E-state index in [0.717, 1.165) is 11.8 Å². The summed E-state index contributed by atoms with van der Waals surface area (Å²) in [6, 6.07) is 0. The lowest BCUT2D eigenvalue weighted by Gasteiger charge is -2.25. The summed E-state index contributed by atoms with van der Waals surface area (Å²) in [6.45, 7) is 5.18. The van der Waals surface area contributed by atoms with Gasteiger partial charge in [0.05, 0.1) is 0 Å². The van der Waals surface area contributed by atoms with Gasteiger partial charge in [-0.3, -0.25) is 0 Å². The molecule has 1 heteroatoms. The summed E-state index contributed by atoms with van der Waals surface area (Å²) < 4.78 is 0. The van der Waals surface area contributed by atoms with Crippen LogP contribution in [0.1, 0.15) is 33.1 Å². The molecular weight excluding hydrogens is 136 g/mol. The maximum Gasteiger partial charge on any atom is 0.0462 e. The monoisotopic (exact) mass is 154 g/mol. The molecule has 64 valence electrons. The first-order chi connectivity index (χ1) is 5.16. The van der Waals surface area contributed by atoms with Gasteiger partial charge in [-0.05, 0) is 42.4 Å².